The van der Waals surface area contributed by atoms with Gasteiger partial charge in [-0.3, -0.25) is 4.99 Å². The molecule has 6 nitrogen and oxygen atoms in total. The first-order valence-electron chi connectivity index (χ1n) is 7.37. The fourth-order valence-corrected chi connectivity index (χ4v) is 2.25. The molecule has 21 heavy (non-hydrogen) atoms. The second-order valence-corrected chi connectivity index (χ2v) is 11.6. The van der Waals surface area contributed by atoms with E-state index in [1.54, 1.807) is 7.11 Å². The van der Waals surface area contributed by atoms with E-state index in [9.17, 15) is 0 Å². The van der Waals surface area contributed by atoms with Crippen LogP contribution in [-0.2, 0) is 9.47 Å². The van der Waals surface area contributed by atoms with Gasteiger partial charge in [0.25, 0.3) is 0 Å². The molecule has 0 heterocycles. The van der Waals surface area contributed by atoms with E-state index in [2.05, 4.69) is 36.5 Å². The maximum absolute atomic E-state index is 5.78. The van der Waals surface area contributed by atoms with Gasteiger partial charge in [0.05, 0.1) is 20.3 Å². The monoisotopic (exact) mass is 316 g/mol. The Morgan fingerprint density at radius 2 is 2.05 bits per heavy atom. The number of ether oxygens (including phenoxy) is 2. The summed E-state index contributed by atoms with van der Waals surface area (Å²) in [6.45, 7) is 15.5. The second kappa shape index (κ2) is 10.6. The van der Waals surface area contributed by atoms with Crippen molar-refractivity contribution in [3.63, 3.8) is 0 Å². The highest BCUT2D eigenvalue weighted by Gasteiger charge is 2.14. The maximum Gasteiger partial charge on any atom is 0.180 e. The molecule has 0 aromatic carbocycles. The first kappa shape index (κ1) is 19.9. The molecule has 3 N–H and O–H groups in total. The van der Waals surface area contributed by atoms with Gasteiger partial charge in [-0.25, -0.2) is 0 Å². The quantitative estimate of drug-likeness (QED) is 0.151. The summed E-state index contributed by atoms with van der Waals surface area (Å²) in [4.78, 5) is 6.38. The van der Waals surface area contributed by atoms with Crippen molar-refractivity contribution in [1.29, 1.82) is 0 Å². The molecule has 0 saturated heterocycles. The lowest BCUT2D eigenvalue weighted by atomic mass is 10.5. The molecule has 0 aromatic heterocycles. The van der Waals surface area contributed by atoms with Crippen LogP contribution in [0.1, 0.15) is 6.92 Å². The summed E-state index contributed by atoms with van der Waals surface area (Å²) >= 11 is 0. The summed E-state index contributed by atoms with van der Waals surface area (Å²) in [5.41, 5.74) is 5.77. The predicted molar refractivity (Wildman–Crippen MR) is 92.0 cm³/mol. The lowest BCUT2D eigenvalue weighted by Crippen LogP contribution is -2.43. The molecular formula is C14H32N4O2Si. The van der Waals surface area contributed by atoms with Crippen molar-refractivity contribution >= 4 is 13.9 Å². The smallest absolute Gasteiger partial charge is 0.180 e. The number of hydrogen-bond acceptors (Lipinski definition) is 5. The summed E-state index contributed by atoms with van der Waals surface area (Å²) < 4.78 is 10.8. The molecule has 0 amide bonds. The minimum atomic E-state index is -1.07. The number of nitrogens with two attached hydrogens (primary N) is 1. The Balaban J connectivity index is 4.43. The van der Waals surface area contributed by atoms with Crippen LogP contribution < -0.4 is 11.1 Å². The summed E-state index contributed by atoms with van der Waals surface area (Å²) in [6, 6.07) is 1.14. The van der Waals surface area contributed by atoms with Crippen LogP contribution in [0.4, 0.5) is 0 Å². The molecule has 0 atom stereocenters. The van der Waals surface area contributed by atoms with E-state index < -0.39 is 8.07 Å². The summed E-state index contributed by atoms with van der Waals surface area (Å²) in [5.74, 6) is 1.33. The van der Waals surface area contributed by atoms with Crippen molar-refractivity contribution in [2.24, 2.45) is 10.7 Å². The molecular weight excluding hydrogens is 284 g/mol. The fourth-order valence-electron chi connectivity index (χ4n) is 1.50. The minimum Gasteiger partial charge on any atom is -0.483 e. The number of hydrogen-bond donors (Lipinski definition) is 2. The fraction of sp³-hybridized carbons (Fsp3) is 0.786. The number of aliphatic imine (C=N–C) groups is 1. The zero-order valence-electron chi connectivity index (χ0n) is 14.2. The predicted octanol–water partition coefficient (Wildman–Crippen LogP) is 1.64. The van der Waals surface area contributed by atoms with Crippen LogP contribution in [0, 0.1) is 0 Å². The third-order valence-electron chi connectivity index (χ3n) is 2.85. The van der Waals surface area contributed by atoms with Crippen LogP contribution in [0.3, 0.4) is 0 Å². The molecule has 0 radical (unpaired) electrons. The zero-order chi connectivity index (χ0) is 16.3. The Kier molecular flexibility index (Phi) is 10.1. The summed E-state index contributed by atoms with van der Waals surface area (Å²) in [6.07, 6.45) is 0. The molecule has 0 aliphatic heterocycles. The number of amidine groups is 1. The lowest BCUT2D eigenvalue weighted by molar-refractivity contribution is 0.0674. The summed E-state index contributed by atoms with van der Waals surface area (Å²) in [5, 5.41) is 3.06. The maximum atomic E-state index is 5.78. The number of nitrogens with zero attached hydrogens (tertiary/aromatic N) is 2. The van der Waals surface area contributed by atoms with E-state index in [1.165, 1.54) is 0 Å². The van der Waals surface area contributed by atoms with E-state index >= 15 is 0 Å². The van der Waals surface area contributed by atoms with Gasteiger partial charge in [0.2, 0.25) is 0 Å². The van der Waals surface area contributed by atoms with Crippen molar-refractivity contribution < 1.29 is 9.47 Å². The second-order valence-electron chi connectivity index (χ2n) is 5.94. The third-order valence-corrected chi connectivity index (χ3v) is 4.55. The molecule has 0 aliphatic rings. The Morgan fingerprint density at radius 1 is 1.38 bits per heavy atom. The van der Waals surface area contributed by atoms with E-state index in [0.29, 0.717) is 32.4 Å². The normalized spacial score (nSPS) is 12.2. The van der Waals surface area contributed by atoms with Gasteiger partial charge < -0.3 is 25.4 Å². The van der Waals surface area contributed by atoms with Crippen LogP contribution in [0.15, 0.2) is 17.5 Å². The van der Waals surface area contributed by atoms with E-state index in [4.69, 9.17) is 15.2 Å². The van der Waals surface area contributed by atoms with Gasteiger partial charge in [0.15, 0.2) is 5.88 Å². The molecule has 0 fully saturated rings. The highest BCUT2D eigenvalue weighted by molar-refractivity contribution is 6.76. The van der Waals surface area contributed by atoms with Crippen molar-refractivity contribution in [2.75, 3.05) is 40.2 Å². The Morgan fingerprint density at radius 3 is 2.52 bits per heavy atom. The van der Waals surface area contributed by atoms with E-state index in [0.717, 1.165) is 18.5 Å². The highest BCUT2D eigenvalue weighted by atomic mass is 28.3. The molecule has 0 unspecified atom stereocenters. The third kappa shape index (κ3) is 10.3. The average molecular weight is 317 g/mol. The van der Waals surface area contributed by atoms with Gasteiger partial charge in [-0.15, -0.1) is 0 Å². The van der Waals surface area contributed by atoms with Crippen LogP contribution in [-0.4, -0.2) is 59.0 Å². The van der Waals surface area contributed by atoms with Gasteiger partial charge >= 0.3 is 0 Å². The number of rotatable bonds is 11. The first-order chi connectivity index (χ1) is 9.84. The molecule has 0 spiro atoms. The number of methoxy groups -OCH3 is 1. The van der Waals surface area contributed by atoms with Crippen LogP contribution in [0.25, 0.3) is 0 Å². The average Bonchev–Trinajstić information content (AvgIpc) is 2.42. The van der Waals surface area contributed by atoms with Crippen molar-refractivity contribution in [2.45, 2.75) is 32.6 Å². The van der Waals surface area contributed by atoms with E-state index in [-0.39, 0.29) is 0 Å². The van der Waals surface area contributed by atoms with Crippen LogP contribution >= 0.6 is 0 Å². The van der Waals surface area contributed by atoms with Gasteiger partial charge in [-0.1, -0.05) is 19.6 Å². The SMILES string of the molecule is C=C(NCN(COCC[Si](C)(C)C)C(CN)=NCC)OC. The van der Waals surface area contributed by atoms with Crippen molar-refractivity contribution in [1.82, 2.24) is 10.2 Å². The van der Waals surface area contributed by atoms with Gasteiger partial charge in [0.1, 0.15) is 12.6 Å². The Hall–Kier alpha value is -1.05. The summed E-state index contributed by atoms with van der Waals surface area (Å²) in [7, 11) is 0.507. The van der Waals surface area contributed by atoms with Crippen LogP contribution in [0.5, 0.6) is 0 Å². The highest BCUT2D eigenvalue weighted by Crippen LogP contribution is 2.07. The zero-order valence-corrected chi connectivity index (χ0v) is 15.2. The Bertz CT molecular complexity index is 329. The molecule has 124 valence electrons. The largest absolute Gasteiger partial charge is 0.483 e. The topological polar surface area (TPSA) is 72.1 Å². The van der Waals surface area contributed by atoms with Crippen LogP contribution in [0.2, 0.25) is 25.7 Å². The number of nitrogens with one attached hydrogen (secondary N) is 1. The van der Waals surface area contributed by atoms with Gasteiger partial charge in [-0.2, -0.15) is 0 Å². The molecule has 0 bridgehead atoms. The minimum absolute atomic E-state index is 0.381. The first-order valence-corrected chi connectivity index (χ1v) is 11.1. The molecule has 0 aromatic rings. The van der Waals surface area contributed by atoms with Gasteiger partial charge in [0, 0.05) is 21.2 Å². The van der Waals surface area contributed by atoms with Gasteiger partial charge in [-0.05, 0) is 19.5 Å². The molecule has 0 rings (SSSR count). The van der Waals surface area contributed by atoms with E-state index in [1.807, 2.05) is 11.8 Å². The lowest BCUT2D eigenvalue weighted by Gasteiger charge is -2.27. The van der Waals surface area contributed by atoms with Crippen molar-refractivity contribution in [3.05, 3.63) is 12.5 Å². The standard InChI is InChI=1S/C14H32N4O2Si/c1-7-16-14(10-15)18(11-17-13(2)19-3)12-20-8-9-21(4,5)6/h17H,2,7-12,15H2,1,3-6H3. The van der Waals surface area contributed by atoms with Crippen molar-refractivity contribution in [3.8, 4) is 0 Å². The molecule has 0 saturated carbocycles. The molecule has 7 heteroatoms. The molecule has 0 aliphatic carbocycles. The Labute approximate surface area is 130 Å².